The predicted octanol–water partition coefficient (Wildman–Crippen LogP) is 3.73. The molecule has 0 unspecified atom stereocenters. The second-order valence-electron chi connectivity index (χ2n) is 6.56. The van der Waals surface area contributed by atoms with Crippen LogP contribution < -0.4 is 20.1 Å². The van der Waals surface area contributed by atoms with Gasteiger partial charge in [0.2, 0.25) is 5.91 Å². The molecule has 8 nitrogen and oxygen atoms in total. The van der Waals surface area contributed by atoms with Crippen LogP contribution in [0.4, 0.5) is 5.13 Å². The minimum absolute atomic E-state index is 0.0910. The lowest BCUT2D eigenvalue weighted by molar-refractivity contribution is -0.121. The van der Waals surface area contributed by atoms with Gasteiger partial charge in [-0.2, -0.15) is 0 Å². The summed E-state index contributed by atoms with van der Waals surface area (Å²) in [4.78, 5) is 29.1. The summed E-state index contributed by atoms with van der Waals surface area (Å²) in [5, 5.41) is 7.83. The molecule has 3 rings (SSSR count). The fraction of sp³-hybridized carbons (Fsp3) is 0.286. The normalized spacial score (nSPS) is 11.6. The number of methoxy groups -OCH3 is 2. The highest BCUT2D eigenvalue weighted by atomic mass is 32.1. The van der Waals surface area contributed by atoms with Crippen molar-refractivity contribution < 1.29 is 23.5 Å². The molecule has 2 heterocycles. The second-order valence-corrected chi connectivity index (χ2v) is 7.42. The van der Waals surface area contributed by atoms with Gasteiger partial charge in [0.25, 0.3) is 5.91 Å². The monoisotopic (exact) mass is 429 g/mol. The Hall–Kier alpha value is -3.33. The van der Waals surface area contributed by atoms with E-state index in [9.17, 15) is 9.59 Å². The molecule has 0 saturated carbocycles. The van der Waals surface area contributed by atoms with Crippen LogP contribution in [0.25, 0.3) is 0 Å². The number of thiazole rings is 1. The molecule has 3 aromatic rings. The molecule has 0 radical (unpaired) electrons. The molecule has 1 atom stereocenters. The molecule has 2 aromatic heterocycles. The van der Waals surface area contributed by atoms with Gasteiger partial charge >= 0.3 is 0 Å². The summed E-state index contributed by atoms with van der Waals surface area (Å²) in [5.74, 6) is 1.38. The van der Waals surface area contributed by atoms with Crippen LogP contribution in [0.3, 0.4) is 0 Å². The number of nitrogens with zero attached hydrogens (tertiary/aromatic N) is 1. The van der Waals surface area contributed by atoms with Gasteiger partial charge in [-0.15, -0.1) is 11.3 Å². The van der Waals surface area contributed by atoms with Gasteiger partial charge in [-0.25, -0.2) is 4.98 Å². The van der Waals surface area contributed by atoms with Crippen molar-refractivity contribution in [1.29, 1.82) is 0 Å². The number of benzene rings is 1. The molecule has 2 amide bonds. The summed E-state index contributed by atoms with van der Waals surface area (Å²) in [7, 11) is 3.16. The van der Waals surface area contributed by atoms with Crippen molar-refractivity contribution in [3.8, 4) is 11.5 Å². The van der Waals surface area contributed by atoms with Crippen LogP contribution >= 0.6 is 11.3 Å². The number of hydrogen-bond donors (Lipinski definition) is 2. The first-order valence-corrected chi connectivity index (χ1v) is 10.1. The third kappa shape index (κ3) is 4.98. The fourth-order valence-electron chi connectivity index (χ4n) is 2.94. The Labute approximate surface area is 178 Å². The lowest BCUT2D eigenvalue weighted by Gasteiger charge is -2.18. The van der Waals surface area contributed by atoms with Crippen molar-refractivity contribution in [2.45, 2.75) is 26.3 Å². The van der Waals surface area contributed by atoms with E-state index in [4.69, 9.17) is 13.9 Å². The highest BCUT2D eigenvalue weighted by molar-refractivity contribution is 7.14. The maximum absolute atomic E-state index is 12.5. The summed E-state index contributed by atoms with van der Waals surface area (Å²) in [6, 6.07) is 6.74. The van der Waals surface area contributed by atoms with Crippen molar-refractivity contribution in [2.24, 2.45) is 0 Å². The van der Waals surface area contributed by atoms with E-state index >= 15 is 0 Å². The lowest BCUT2D eigenvalue weighted by Crippen LogP contribution is -2.28. The summed E-state index contributed by atoms with van der Waals surface area (Å²) in [6.45, 7) is 3.58. The highest BCUT2D eigenvalue weighted by Gasteiger charge is 2.17. The Balaban J connectivity index is 1.60. The van der Waals surface area contributed by atoms with Crippen LogP contribution in [0.1, 0.15) is 40.3 Å². The summed E-state index contributed by atoms with van der Waals surface area (Å²) in [6.07, 6.45) is 1.55. The van der Waals surface area contributed by atoms with Crippen molar-refractivity contribution in [3.63, 3.8) is 0 Å². The first-order valence-electron chi connectivity index (χ1n) is 9.22. The third-order valence-corrected chi connectivity index (χ3v) is 5.30. The zero-order valence-corrected chi connectivity index (χ0v) is 18.0. The van der Waals surface area contributed by atoms with Crippen molar-refractivity contribution in [1.82, 2.24) is 10.3 Å². The molecule has 30 heavy (non-hydrogen) atoms. The second kappa shape index (κ2) is 9.45. The van der Waals surface area contributed by atoms with Gasteiger partial charge in [-0.3, -0.25) is 14.9 Å². The van der Waals surface area contributed by atoms with Crippen LogP contribution in [0.5, 0.6) is 11.5 Å². The maximum atomic E-state index is 12.5. The summed E-state index contributed by atoms with van der Waals surface area (Å²) >= 11 is 1.26. The van der Waals surface area contributed by atoms with E-state index < -0.39 is 0 Å². The summed E-state index contributed by atoms with van der Waals surface area (Å²) < 4.78 is 15.8. The van der Waals surface area contributed by atoms with Gasteiger partial charge in [-0.1, -0.05) is 0 Å². The Morgan fingerprint density at radius 3 is 2.70 bits per heavy atom. The van der Waals surface area contributed by atoms with E-state index in [1.165, 1.54) is 17.6 Å². The fourth-order valence-corrected chi connectivity index (χ4v) is 3.65. The molecular formula is C21H23N3O5S. The highest BCUT2D eigenvalue weighted by Crippen LogP contribution is 2.29. The SMILES string of the molecule is COc1ccc(OC)c([C@H](C)NC(=O)Cc2csc(NC(=O)c3ccoc3C)n2)c1. The molecular weight excluding hydrogens is 406 g/mol. The number of ether oxygens (including phenoxy) is 2. The molecule has 0 spiro atoms. The number of amides is 2. The van der Waals surface area contributed by atoms with Gasteiger partial charge in [0.15, 0.2) is 5.13 Å². The van der Waals surface area contributed by atoms with Crippen molar-refractivity contribution in [2.75, 3.05) is 19.5 Å². The molecule has 1 aromatic carbocycles. The maximum Gasteiger partial charge on any atom is 0.260 e. The Bertz CT molecular complexity index is 1040. The van der Waals surface area contributed by atoms with Gasteiger partial charge < -0.3 is 19.2 Å². The molecule has 0 aliphatic heterocycles. The average molecular weight is 429 g/mol. The standard InChI is InChI=1S/C21H23N3O5S/c1-12(17-10-15(27-3)5-6-18(17)28-4)22-19(25)9-14-11-30-21(23-14)24-20(26)16-7-8-29-13(16)2/h5-8,10-12H,9H2,1-4H3,(H,22,25)(H,23,24,26)/t12-/m0/s1. The zero-order valence-electron chi connectivity index (χ0n) is 17.1. The summed E-state index contributed by atoms with van der Waals surface area (Å²) in [5.41, 5.74) is 1.83. The Morgan fingerprint density at radius 1 is 1.23 bits per heavy atom. The Morgan fingerprint density at radius 2 is 2.03 bits per heavy atom. The topological polar surface area (TPSA) is 103 Å². The van der Waals surface area contributed by atoms with Crippen LogP contribution in [0, 0.1) is 6.92 Å². The van der Waals surface area contributed by atoms with Crippen LogP contribution in [-0.2, 0) is 11.2 Å². The van der Waals surface area contributed by atoms with Gasteiger partial charge in [-0.05, 0) is 38.1 Å². The molecule has 158 valence electrons. The van der Waals surface area contributed by atoms with Crippen molar-refractivity contribution in [3.05, 3.63) is 58.5 Å². The van der Waals surface area contributed by atoms with Gasteiger partial charge in [0.05, 0.1) is 44.2 Å². The number of aromatic nitrogens is 1. The smallest absolute Gasteiger partial charge is 0.260 e. The van der Waals surface area contributed by atoms with E-state index in [0.29, 0.717) is 33.6 Å². The molecule has 0 aliphatic rings. The van der Waals surface area contributed by atoms with Crippen LogP contribution in [-0.4, -0.2) is 31.0 Å². The number of nitrogens with one attached hydrogen (secondary N) is 2. The molecule has 0 fully saturated rings. The number of aryl methyl sites for hydroxylation is 1. The number of anilines is 1. The Kier molecular flexibility index (Phi) is 6.73. The van der Waals surface area contributed by atoms with E-state index in [0.717, 1.165) is 5.56 Å². The number of furan rings is 1. The quantitative estimate of drug-likeness (QED) is 0.566. The van der Waals surface area contributed by atoms with E-state index in [1.54, 1.807) is 44.7 Å². The van der Waals surface area contributed by atoms with Crippen LogP contribution in [0.2, 0.25) is 0 Å². The number of hydrogen-bond acceptors (Lipinski definition) is 7. The van der Waals surface area contributed by atoms with E-state index in [2.05, 4.69) is 15.6 Å². The van der Waals surface area contributed by atoms with Gasteiger partial charge in [0, 0.05) is 10.9 Å². The third-order valence-electron chi connectivity index (χ3n) is 4.50. The van der Waals surface area contributed by atoms with E-state index in [1.807, 2.05) is 13.0 Å². The van der Waals surface area contributed by atoms with E-state index in [-0.39, 0.29) is 24.3 Å². The largest absolute Gasteiger partial charge is 0.497 e. The molecule has 0 saturated heterocycles. The number of rotatable bonds is 8. The van der Waals surface area contributed by atoms with Gasteiger partial charge in [0.1, 0.15) is 17.3 Å². The first-order chi connectivity index (χ1) is 14.4. The molecule has 0 aliphatic carbocycles. The van der Waals surface area contributed by atoms with Crippen molar-refractivity contribution >= 4 is 28.3 Å². The average Bonchev–Trinajstić information content (AvgIpc) is 3.35. The molecule has 0 bridgehead atoms. The van der Waals surface area contributed by atoms with Crippen LogP contribution in [0.15, 0.2) is 40.3 Å². The molecule has 9 heteroatoms. The lowest BCUT2D eigenvalue weighted by atomic mass is 10.1. The zero-order chi connectivity index (χ0) is 21.7. The minimum atomic E-state index is -0.301. The molecule has 2 N–H and O–H groups in total. The minimum Gasteiger partial charge on any atom is -0.497 e. The number of carbonyl (C=O) groups excluding carboxylic acids is 2. The first kappa shape index (κ1) is 21.4. The number of carbonyl (C=O) groups is 2. The predicted molar refractivity (Wildman–Crippen MR) is 113 cm³/mol.